The summed E-state index contributed by atoms with van der Waals surface area (Å²) >= 11 is 1.84. The van der Waals surface area contributed by atoms with Crippen molar-refractivity contribution in [3.63, 3.8) is 0 Å². The van der Waals surface area contributed by atoms with E-state index in [0.29, 0.717) is 11.8 Å². The van der Waals surface area contributed by atoms with Gasteiger partial charge in [0.15, 0.2) is 0 Å². The van der Waals surface area contributed by atoms with Gasteiger partial charge in [-0.25, -0.2) is 4.98 Å². The summed E-state index contributed by atoms with van der Waals surface area (Å²) in [4.78, 5) is 5.82. The minimum atomic E-state index is 0.605. The zero-order chi connectivity index (χ0) is 11.3. The Balaban J connectivity index is 2.39. The molecule has 1 rings (SSSR count). The Morgan fingerprint density at radius 3 is 2.73 bits per heavy atom. The summed E-state index contributed by atoms with van der Waals surface area (Å²) in [5.74, 6) is 1.32. The van der Waals surface area contributed by atoms with E-state index in [1.54, 1.807) is 0 Å². The zero-order valence-corrected chi connectivity index (χ0v) is 11.0. The molecule has 0 bridgehead atoms. The van der Waals surface area contributed by atoms with Crippen LogP contribution in [-0.4, -0.2) is 11.5 Å². The third kappa shape index (κ3) is 4.31. The fourth-order valence-corrected chi connectivity index (χ4v) is 2.31. The first-order valence-electron chi connectivity index (χ1n) is 5.78. The van der Waals surface area contributed by atoms with Gasteiger partial charge in [-0.15, -0.1) is 11.3 Å². The fraction of sp³-hybridized carbons (Fsp3) is 0.750. The average Bonchev–Trinajstić information content (AvgIpc) is 2.65. The molecule has 0 aromatic carbocycles. The van der Waals surface area contributed by atoms with Crippen LogP contribution in [0.4, 0.5) is 0 Å². The molecule has 0 radical (unpaired) electrons. The van der Waals surface area contributed by atoms with Crippen molar-refractivity contribution < 1.29 is 0 Å². The smallest absolute Gasteiger partial charge is 0.0956 e. The van der Waals surface area contributed by atoms with E-state index < -0.39 is 0 Å². The second-order valence-electron chi connectivity index (χ2n) is 4.50. The molecule has 0 spiro atoms. The largest absolute Gasteiger partial charge is 0.312 e. The molecule has 1 aromatic heterocycles. The molecular formula is C12H22N2S. The molecule has 0 saturated heterocycles. The number of nitrogens with zero attached hydrogens (tertiary/aromatic N) is 1. The van der Waals surface area contributed by atoms with E-state index in [2.05, 4.69) is 38.0 Å². The van der Waals surface area contributed by atoms with Crippen LogP contribution in [-0.2, 0) is 6.54 Å². The normalized spacial score (nSPS) is 13.4. The molecule has 1 atom stereocenters. The van der Waals surface area contributed by atoms with E-state index in [9.17, 15) is 0 Å². The molecule has 0 aliphatic rings. The van der Waals surface area contributed by atoms with Crippen molar-refractivity contribution in [2.45, 2.75) is 46.6 Å². The van der Waals surface area contributed by atoms with Crippen LogP contribution in [0.1, 0.15) is 49.9 Å². The molecule has 0 aliphatic carbocycles. The Morgan fingerprint density at radius 2 is 2.13 bits per heavy atom. The van der Waals surface area contributed by atoms with Crippen molar-refractivity contribution in [2.75, 3.05) is 6.54 Å². The molecule has 0 fully saturated rings. The molecule has 2 nitrogen and oxygen atoms in total. The maximum absolute atomic E-state index is 4.46. The van der Waals surface area contributed by atoms with Crippen LogP contribution >= 0.6 is 11.3 Å². The van der Waals surface area contributed by atoms with Crippen molar-refractivity contribution in [3.05, 3.63) is 16.1 Å². The summed E-state index contributed by atoms with van der Waals surface area (Å²) < 4.78 is 0. The first-order chi connectivity index (χ1) is 7.13. The summed E-state index contributed by atoms with van der Waals surface area (Å²) in [6.07, 6.45) is 3.19. The molecule has 1 N–H and O–H groups in total. The molecular weight excluding hydrogens is 204 g/mol. The standard InChI is InChI=1S/C12H22N2S/c1-5-10(4)12-14-8-11(15-12)7-13-6-9(2)3/h8-10,13H,5-7H2,1-4H3. The van der Waals surface area contributed by atoms with Gasteiger partial charge in [-0.05, 0) is 18.9 Å². The van der Waals surface area contributed by atoms with Crippen molar-refractivity contribution in [1.29, 1.82) is 0 Å². The van der Waals surface area contributed by atoms with Gasteiger partial charge in [0.2, 0.25) is 0 Å². The molecule has 15 heavy (non-hydrogen) atoms. The molecule has 1 unspecified atom stereocenters. The molecule has 86 valence electrons. The predicted octanol–water partition coefficient (Wildman–Crippen LogP) is 3.40. The second kappa shape index (κ2) is 6.23. The first kappa shape index (κ1) is 12.7. The van der Waals surface area contributed by atoms with E-state index in [0.717, 1.165) is 13.1 Å². The predicted molar refractivity (Wildman–Crippen MR) is 67.4 cm³/mol. The number of thiazole rings is 1. The van der Waals surface area contributed by atoms with Crippen LogP contribution in [0.15, 0.2) is 6.20 Å². The minimum absolute atomic E-state index is 0.605. The van der Waals surface area contributed by atoms with E-state index in [1.807, 2.05) is 17.5 Å². The van der Waals surface area contributed by atoms with Crippen molar-refractivity contribution in [2.24, 2.45) is 5.92 Å². The van der Waals surface area contributed by atoms with Crippen molar-refractivity contribution >= 4 is 11.3 Å². The van der Waals surface area contributed by atoms with Gasteiger partial charge >= 0.3 is 0 Å². The van der Waals surface area contributed by atoms with Gasteiger partial charge in [0.05, 0.1) is 5.01 Å². The zero-order valence-electron chi connectivity index (χ0n) is 10.2. The highest BCUT2D eigenvalue weighted by molar-refractivity contribution is 7.11. The third-order valence-corrected chi connectivity index (χ3v) is 3.69. The average molecular weight is 226 g/mol. The highest BCUT2D eigenvalue weighted by Crippen LogP contribution is 2.23. The maximum atomic E-state index is 4.46. The van der Waals surface area contributed by atoms with Crippen LogP contribution in [0.3, 0.4) is 0 Å². The summed E-state index contributed by atoms with van der Waals surface area (Å²) in [5.41, 5.74) is 0. The summed E-state index contributed by atoms with van der Waals surface area (Å²) in [6.45, 7) is 10.9. The van der Waals surface area contributed by atoms with E-state index in [4.69, 9.17) is 0 Å². The molecule has 1 aromatic rings. The molecule has 0 aliphatic heterocycles. The van der Waals surface area contributed by atoms with E-state index >= 15 is 0 Å². The van der Waals surface area contributed by atoms with Crippen LogP contribution < -0.4 is 5.32 Å². The highest BCUT2D eigenvalue weighted by atomic mass is 32.1. The Morgan fingerprint density at radius 1 is 1.40 bits per heavy atom. The molecule has 3 heteroatoms. The van der Waals surface area contributed by atoms with Gasteiger partial charge in [-0.2, -0.15) is 0 Å². The molecule has 0 saturated carbocycles. The number of hydrogen-bond donors (Lipinski definition) is 1. The van der Waals surface area contributed by atoms with Crippen LogP contribution in [0.5, 0.6) is 0 Å². The van der Waals surface area contributed by atoms with E-state index in [1.165, 1.54) is 16.3 Å². The number of nitrogens with one attached hydrogen (secondary N) is 1. The van der Waals surface area contributed by atoms with E-state index in [-0.39, 0.29) is 0 Å². The van der Waals surface area contributed by atoms with Crippen LogP contribution in [0, 0.1) is 5.92 Å². The Kier molecular flexibility index (Phi) is 5.26. The summed E-state index contributed by atoms with van der Waals surface area (Å²) in [7, 11) is 0. The molecule has 0 amide bonds. The summed E-state index contributed by atoms with van der Waals surface area (Å²) in [6, 6.07) is 0. The number of hydrogen-bond acceptors (Lipinski definition) is 3. The first-order valence-corrected chi connectivity index (χ1v) is 6.60. The number of rotatable bonds is 6. The van der Waals surface area contributed by atoms with Crippen molar-refractivity contribution in [3.8, 4) is 0 Å². The van der Waals surface area contributed by atoms with Crippen LogP contribution in [0.2, 0.25) is 0 Å². The van der Waals surface area contributed by atoms with Gasteiger partial charge in [0, 0.05) is 23.5 Å². The Bertz CT molecular complexity index is 281. The van der Waals surface area contributed by atoms with Gasteiger partial charge in [0.1, 0.15) is 0 Å². The lowest BCUT2D eigenvalue weighted by Crippen LogP contribution is -2.18. The topological polar surface area (TPSA) is 24.9 Å². The molecule has 1 heterocycles. The Hall–Kier alpha value is -0.410. The SMILES string of the molecule is CCC(C)c1ncc(CNCC(C)C)s1. The highest BCUT2D eigenvalue weighted by Gasteiger charge is 2.08. The van der Waals surface area contributed by atoms with Gasteiger partial charge in [-0.1, -0.05) is 27.7 Å². The monoisotopic (exact) mass is 226 g/mol. The quantitative estimate of drug-likeness (QED) is 0.804. The lowest BCUT2D eigenvalue weighted by Gasteiger charge is -2.05. The van der Waals surface area contributed by atoms with Crippen LogP contribution in [0.25, 0.3) is 0 Å². The Labute approximate surface area is 97.1 Å². The lowest BCUT2D eigenvalue weighted by atomic mass is 10.1. The summed E-state index contributed by atoms with van der Waals surface area (Å²) in [5, 5.41) is 4.72. The van der Waals surface area contributed by atoms with Gasteiger partial charge < -0.3 is 5.32 Å². The number of aromatic nitrogens is 1. The van der Waals surface area contributed by atoms with Crippen molar-refractivity contribution in [1.82, 2.24) is 10.3 Å². The lowest BCUT2D eigenvalue weighted by molar-refractivity contribution is 0.554. The third-order valence-electron chi connectivity index (χ3n) is 2.46. The maximum Gasteiger partial charge on any atom is 0.0956 e. The van der Waals surface area contributed by atoms with Gasteiger partial charge in [0.25, 0.3) is 0 Å². The fourth-order valence-electron chi connectivity index (χ4n) is 1.29. The minimum Gasteiger partial charge on any atom is -0.312 e. The van der Waals surface area contributed by atoms with Gasteiger partial charge in [-0.3, -0.25) is 0 Å². The second-order valence-corrected chi connectivity index (χ2v) is 5.65.